The quantitative estimate of drug-likeness (QED) is 0.813. The van der Waals surface area contributed by atoms with Crippen molar-refractivity contribution in [2.75, 3.05) is 5.32 Å². The summed E-state index contributed by atoms with van der Waals surface area (Å²) in [6.07, 6.45) is 0.158. The van der Waals surface area contributed by atoms with Gasteiger partial charge in [0.2, 0.25) is 5.91 Å². The molecule has 0 bridgehead atoms. The molecule has 0 unspecified atom stereocenters. The SMILES string of the molecule is CC(C)c1ccccc1NC(=O)Cc1c(Cl)cccc1Cl. The highest BCUT2D eigenvalue weighted by molar-refractivity contribution is 6.36. The van der Waals surface area contributed by atoms with Crippen LogP contribution in [-0.2, 0) is 11.2 Å². The lowest BCUT2D eigenvalue weighted by Gasteiger charge is -2.14. The van der Waals surface area contributed by atoms with Gasteiger partial charge in [-0.25, -0.2) is 0 Å². The van der Waals surface area contributed by atoms with Crippen LogP contribution < -0.4 is 5.32 Å². The highest BCUT2D eigenvalue weighted by Gasteiger charge is 2.13. The summed E-state index contributed by atoms with van der Waals surface area (Å²) in [6, 6.07) is 13.0. The Morgan fingerprint density at radius 1 is 1.05 bits per heavy atom. The van der Waals surface area contributed by atoms with Crippen molar-refractivity contribution in [1.82, 2.24) is 0 Å². The van der Waals surface area contributed by atoms with E-state index in [9.17, 15) is 4.79 Å². The van der Waals surface area contributed by atoms with Gasteiger partial charge in [0.25, 0.3) is 0 Å². The monoisotopic (exact) mass is 321 g/mol. The molecule has 0 fully saturated rings. The zero-order valence-corrected chi connectivity index (χ0v) is 13.5. The number of carbonyl (C=O) groups is 1. The van der Waals surface area contributed by atoms with Crippen LogP contribution in [0.3, 0.4) is 0 Å². The molecule has 2 aromatic carbocycles. The molecule has 1 amide bonds. The van der Waals surface area contributed by atoms with Crippen molar-refractivity contribution in [3.8, 4) is 0 Å². The number of rotatable bonds is 4. The predicted octanol–water partition coefficient (Wildman–Crippen LogP) is 5.30. The summed E-state index contributed by atoms with van der Waals surface area (Å²) in [5.41, 5.74) is 2.59. The molecule has 0 saturated carbocycles. The maximum atomic E-state index is 12.2. The summed E-state index contributed by atoms with van der Waals surface area (Å²) >= 11 is 12.2. The summed E-state index contributed by atoms with van der Waals surface area (Å²) < 4.78 is 0. The summed E-state index contributed by atoms with van der Waals surface area (Å²) in [5, 5.41) is 3.96. The number of hydrogen-bond acceptors (Lipinski definition) is 1. The van der Waals surface area contributed by atoms with Gasteiger partial charge in [0.05, 0.1) is 6.42 Å². The fraction of sp³-hybridized carbons (Fsp3) is 0.235. The maximum Gasteiger partial charge on any atom is 0.228 e. The number of carbonyl (C=O) groups excluding carboxylic acids is 1. The molecule has 0 aliphatic heterocycles. The number of para-hydroxylation sites is 1. The number of benzene rings is 2. The average Bonchev–Trinajstić information content (AvgIpc) is 2.43. The van der Waals surface area contributed by atoms with E-state index in [1.165, 1.54) is 0 Å². The van der Waals surface area contributed by atoms with Crippen molar-refractivity contribution in [3.05, 3.63) is 63.6 Å². The van der Waals surface area contributed by atoms with Crippen LogP contribution in [0.25, 0.3) is 0 Å². The van der Waals surface area contributed by atoms with E-state index in [0.717, 1.165) is 11.3 Å². The summed E-state index contributed by atoms with van der Waals surface area (Å²) in [4.78, 5) is 12.2. The topological polar surface area (TPSA) is 29.1 Å². The fourth-order valence-corrected chi connectivity index (χ4v) is 2.70. The summed E-state index contributed by atoms with van der Waals surface area (Å²) in [5.74, 6) is 0.212. The minimum absolute atomic E-state index is 0.127. The minimum Gasteiger partial charge on any atom is -0.326 e. The fourth-order valence-electron chi connectivity index (χ4n) is 2.17. The van der Waals surface area contributed by atoms with Crippen molar-refractivity contribution in [2.24, 2.45) is 0 Å². The lowest BCUT2D eigenvalue weighted by atomic mass is 10.0. The second-order valence-corrected chi connectivity index (χ2v) is 5.98. The standard InChI is InChI=1S/C17H17Cl2NO/c1-11(2)12-6-3-4-9-16(12)20-17(21)10-13-14(18)7-5-8-15(13)19/h3-9,11H,10H2,1-2H3,(H,20,21). The number of halogens is 2. The van der Waals surface area contributed by atoms with Crippen LogP contribution in [0.4, 0.5) is 5.69 Å². The second-order valence-electron chi connectivity index (χ2n) is 5.17. The summed E-state index contributed by atoms with van der Waals surface area (Å²) in [6.45, 7) is 4.19. The molecule has 1 N–H and O–H groups in total. The van der Waals surface area contributed by atoms with Crippen LogP contribution in [0, 0.1) is 0 Å². The van der Waals surface area contributed by atoms with Gasteiger partial charge < -0.3 is 5.32 Å². The molecule has 0 aliphatic carbocycles. The Morgan fingerprint density at radius 2 is 1.67 bits per heavy atom. The lowest BCUT2D eigenvalue weighted by molar-refractivity contribution is -0.115. The molecule has 2 rings (SSSR count). The largest absolute Gasteiger partial charge is 0.326 e. The molecular formula is C17H17Cl2NO. The summed E-state index contributed by atoms with van der Waals surface area (Å²) in [7, 11) is 0. The molecule has 21 heavy (non-hydrogen) atoms. The first kappa shape index (κ1) is 15.9. The molecule has 2 nitrogen and oxygen atoms in total. The molecule has 110 valence electrons. The second kappa shape index (κ2) is 6.97. The Bertz CT molecular complexity index is 633. The smallest absolute Gasteiger partial charge is 0.228 e. The molecule has 0 aliphatic rings. The highest BCUT2D eigenvalue weighted by Crippen LogP contribution is 2.26. The first-order valence-electron chi connectivity index (χ1n) is 6.80. The number of amides is 1. The van der Waals surface area contributed by atoms with Crippen LogP contribution in [0.2, 0.25) is 10.0 Å². The number of nitrogens with one attached hydrogen (secondary N) is 1. The van der Waals surface area contributed by atoms with Crippen molar-refractivity contribution in [1.29, 1.82) is 0 Å². The maximum absolute atomic E-state index is 12.2. The molecule has 2 aromatic rings. The Kier molecular flexibility index (Phi) is 5.27. The van der Waals surface area contributed by atoms with Crippen LogP contribution in [-0.4, -0.2) is 5.91 Å². The van der Waals surface area contributed by atoms with Crippen LogP contribution in [0.1, 0.15) is 30.9 Å². The van der Waals surface area contributed by atoms with Gasteiger partial charge in [-0.15, -0.1) is 0 Å². The molecule has 0 spiro atoms. The molecule has 0 saturated heterocycles. The van der Waals surface area contributed by atoms with Gasteiger partial charge in [0.1, 0.15) is 0 Å². The van der Waals surface area contributed by atoms with Crippen LogP contribution >= 0.6 is 23.2 Å². The van der Waals surface area contributed by atoms with Crippen molar-refractivity contribution in [2.45, 2.75) is 26.2 Å². The van der Waals surface area contributed by atoms with Gasteiger partial charge in [-0.1, -0.05) is 61.3 Å². The van der Waals surface area contributed by atoms with Gasteiger partial charge in [-0.3, -0.25) is 4.79 Å². The molecule has 0 atom stereocenters. The van der Waals surface area contributed by atoms with E-state index in [4.69, 9.17) is 23.2 Å². The Balaban J connectivity index is 2.16. The average molecular weight is 322 g/mol. The van der Waals surface area contributed by atoms with E-state index in [1.807, 2.05) is 24.3 Å². The van der Waals surface area contributed by atoms with Crippen molar-refractivity contribution < 1.29 is 4.79 Å². The number of hydrogen-bond donors (Lipinski definition) is 1. The van der Waals surface area contributed by atoms with E-state index >= 15 is 0 Å². The van der Waals surface area contributed by atoms with E-state index < -0.39 is 0 Å². The molecule has 4 heteroatoms. The van der Waals surface area contributed by atoms with Gasteiger partial charge in [0, 0.05) is 15.7 Å². The third kappa shape index (κ3) is 3.99. The zero-order chi connectivity index (χ0) is 15.4. The van der Waals surface area contributed by atoms with Gasteiger partial charge in [0.15, 0.2) is 0 Å². The van der Waals surface area contributed by atoms with Crippen LogP contribution in [0.5, 0.6) is 0 Å². The molecule has 0 aromatic heterocycles. The van der Waals surface area contributed by atoms with Gasteiger partial charge >= 0.3 is 0 Å². The van der Waals surface area contributed by atoms with E-state index in [1.54, 1.807) is 18.2 Å². The third-order valence-electron chi connectivity index (χ3n) is 3.26. The van der Waals surface area contributed by atoms with E-state index in [-0.39, 0.29) is 12.3 Å². The molecular weight excluding hydrogens is 305 g/mol. The Morgan fingerprint density at radius 3 is 2.29 bits per heavy atom. The van der Waals surface area contributed by atoms with Crippen LogP contribution in [0.15, 0.2) is 42.5 Å². The first-order chi connectivity index (χ1) is 9.99. The molecule has 0 heterocycles. The van der Waals surface area contributed by atoms with Gasteiger partial charge in [-0.05, 0) is 35.2 Å². The minimum atomic E-state index is -0.127. The Labute approximate surface area is 135 Å². The first-order valence-corrected chi connectivity index (χ1v) is 7.56. The Hall–Kier alpha value is -1.51. The predicted molar refractivity (Wildman–Crippen MR) is 89.3 cm³/mol. The molecule has 0 radical (unpaired) electrons. The zero-order valence-electron chi connectivity index (χ0n) is 12.0. The third-order valence-corrected chi connectivity index (χ3v) is 3.96. The van der Waals surface area contributed by atoms with E-state index in [2.05, 4.69) is 19.2 Å². The normalized spacial score (nSPS) is 10.7. The van der Waals surface area contributed by atoms with E-state index in [0.29, 0.717) is 21.5 Å². The highest BCUT2D eigenvalue weighted by atomic mass is 35.5. The van der Waals surface area contributed by atoms with Gasteiger partial charge in [-0.2, -0.15) is 0 Å². The number of anilines is 1. The van der Waals surface area contributed by atoms with Crippen molar-refractivity contribution >= 4 is 34.8 Å². The lowest BCUT2D eigenvalue weighted by Crippen LogP contribution is -2.16. The van der Waals surface area contributed by atoms with Crippen molar-refractivity contribution in [3.63, 3.8) is 0 Å².